The van der Waals surface area contributed by atoms with Crippen molar-refractivity contribution >= 4 is 29.3 Å². The second-order valence-corrected chi connectivity index (χ2v) is 7.82. The predicted octanol–water partition coefficient (Wildman–Crippen LogP) is 4.14. The fourth-order valence-corrected chi connectivity index (χ4v) is 4.08. The smallest absolute Gasteiger partial charge is 0.233 e. The molecule has 0 atom stereocenters. The molecule has 0 bridgehead atoms. The highest BCUT2D eigenvalue weighted by Gasteiger charge is 2.19. The Hall–Kier alpha value is -2.28. The van der Waals surface area contributed by atoms with Crippen molar-refractivity contribution in [2.24, 2.45) is 0 Å². The lowest BCUT2D eigenvalue weighted by molar-refractivity contribution is -0.132. The molecule has 144 valence electrons. The van der Waals surface area contributed by atoms with E-state index in [9.17, 15) is 4.79 Å². The summed E-state index contributed by atoms with van der Waals surface area (Å²) in [5, 5.41) is 6.26. The Kier molecular flexibility index (Phi) is 6.00. The highest BCUT2D eigenvalue weighted by atomic mass is 35.5. The van der Waals surface area contributed by atoms with Crippen LogP contribution in [0.15, 0.2) is 65.8 Å². The lowest BCUT2D eigenvalue weighted by Crippen LogP contribution is -2.41. The van der Waals surface area contributed by atoms with Crippen molar-refractivity contribution in [3.8, 4) is 16.8 Å². The molecule has 5 nitrogen and oxygen atoms in total. The highest BCUT2D eigenvalue weighted by molar-refractivity contribution is 8.00. The second kappa shape index (κ2) is 8.82. The number of rotatable bonds is 5. The summed E-state index contributed by atoms with van der Waals surface area (Å²) in [6, 6.07) is 17.6. The number of aromatic nitrogens is 2. The molecule has 0 radical (unpaired) electrons. The first-order valence-electron chi connectivity index (χ1n) is 9.10. The SMILES string of the molecule is O=C(CSc1nn(-c2ccccc2)cc1-c1ccc(Cl)cc1)N1CCOCC1. The molecule has 1 amide bonds. The molecule has 3 aromatic rings. The molecular formula is C21H20ClN3O2S. The van der Waals surface area contributed by atoms with Crippen LogP contribution in [-0.4, -0.2) is 52.6 Å². The van der Waals surface area contributed by atoms with E-state index in [1.165, 1.54) is 11.8 Å². The fourth-order valence-electron chi connectivity index (χ4n) is 3.04. The van der Waals surface area contributed by atoms with Gasteiger partial charge in [-0.3, -0.25) is 4.79 Å². The lowest BCUT2D eigenvalue weighted by atomic mass is 10.1. The van der Waals surface area contributed by atoms with Crippen molar-refractivity contribution in [1.82, 2.24) is 14.7 Å². The summed E-state index contributed by atoms with van der Waals surface area (Å²) in [4.78, 5) is 14.4. The minimum atomic E-state index is 0.115. The standard InChI is InChI=1S/C21H20ClN3O2S/c22-17-8-6-16(7-9-17)19-14-25(18-4-2-1-3-5-18)23-21(19)28-15-20(26)24-10-12-27-13-11-24/h1-9,14H,10-13,15H2. The van der Waals surface area contributed by atoms with E-state index < -0.39 is 0 Å². The number of carbonyl (C=O) groups is 1. The van der Waals surface area contributed by atoms with Crippen LogP contribution in [-0.2, 0) is 9.53 Å². The van der Waals surface area contributed by atoms with Crippen LogP contribution in [0, 0.1) is 0 Å². The zero-order valence-corrected chi connectivity index (χ0v) is 16.8. The number of amides is 1. The number of hydrogen-bond donors (Lipinski definition) is 0. The molecule has 28 heavy (non-hydrogen) atoms. The zero-order valence-electron chi connectivity index (χ0n) is 15.3. The Morgan fingerprint density at radius 1 is 1.07 bits per heavy atom. The van der Waals surface area contributed by atoms with Crippen molar-refractivity contribution in [1.29, 1.82) is 0 Å². The molecule has 7 heteroatoms. The summed E-state index contributed by atoms with van der Waals surface area (Å²) in [6.45, 7) is 2.52. The number of benzene rings is 2. The summed E-state index contributed by atoms with van der Waals surface area (Å²) >= 11 is 7.51. The Morgan fingerprint density at radius 3 is 2.50 bits per heavy atom. The fraction of sp³-hybridized carbons (Fsp3) is 0.238. The number of carbonyl (C=O) groups excluding carboxylic acids is 1. The highest BCUT2D eigenvalue weighted by Crippen LogP contribution is 2.32. The summed E-state index contributed by atoms with van der Waals surface area (Å²) in [6.07, 6.45) is 2.00. The Morgan fingerprint density at radius 2 is 1.79 bits per heavy atom. The Bertz CT molecular complexity index is 938. The van der Waals surface area contributed by atoms with Gasteiger partial charge in [0.1, 0.15) is 5.03 Å². The number of para-hydroxylation sites is 1. The first kappa shape index (κ1) is 19.1. The first-order valence-corrected chi connectivity index (χ1v) is 10.5. The first-order chi connectivity index (χ1) is 13.7. The molecule has 1 fully saturated rings. The molecule has 4 rings (SSSR count). The van der Waals surface area contributed by atoms with Gasteiger partial charge >= 0.3 is 0 Å². The summed E-state index contributed by atoms with van der Waals surface area (Å²) in [5.74, 6) is 0.469. The number of halogens is 1. The average molecular weight is 414 g/mol. The summed E-state index contributed by atoms with van der Waals surface area (Å²) in [7, 11) is 0. The normalized spacial score (nSPS) is 14.2. The van der Waals surface area contributed by atoms with Crippen LogP contribution in [0.2, 0.25) is 5.02 Å². The second-order valence-electron chi connectivity index (χ2n) is 6.42. The van der Waals surface area contributed by atoms with Crippen LogP contribution >= 0.6 is 23.4 Å². The molecule has 0 saturated carbocycles. The van der Waals surface area contributed by atoms with E-state index in [-0.39, 0.29) is 5.91 Å². The van der Waals surface area contributed by atoms with Gasteiger partial charge in [0.2, 0.25) is 5.91 Å². The molecular weight excluding hydrogens is 394 g/mol. The van der Waals surface area contributed by atoms with E-state index in [1.54, 1.807) is 0 Å². The third kappa shape index (κ3) is 4.41. The number of ether oxygens (including phenoxy) is 1. The largest absolute Gasteiger partial charge is 0.378 e. The summed E-state index contributed by atoms with van der Waals surface area (Å²) in [5.41, 5.74) is 2.98. The zero-order chi connectivity index (χ0) is 19.3. The molecule has 0 unspecified atom stereocenters. The van der Waals surface area contributed by atoms with E-state index in [1.807, 2.05) is 70.4 Å². The van der Waals surface area contributed by atoms with Crippen LogP contribution in [0.1, 0.15) is 0 Å². The van der Waals surface area contributed by atoms with Crippen LogP contribution in [0.5, 0.6) is 0 Å². The van der Waals surface area contributed by atoms with Crippen molar-refractivity contribution in [2.75, 3.05) is 32.1 Å². The van der Waals surface area contributed by atoms with Crippen LogP contribution in [0.25, 0.3) is 16.8 Å². The van der Waals surface area contributed by atoms with Crippen molar-refractivity contribution in [3.05, 3.63) is 65.8 Å². The molecule has 0 N–H and O–H groups in total. The van der Waals surface area contributed by atoms with Crippen molar-refractivity contribution in [3.63, 3.8) is 0 Å². The minimum absolute atomic E-state index is 0.115. The number of morpholine rings is 1. The molecule has 1 aliphatic heterocycles. The maximum Gasteiger partial charge on any atom is 0.233 e. The van der Waals surface area contributed by atoms with Gasteiger partial charge in [-0.15, -0.1) is 0 Å². The van der Waals surface area contributed by atoms with Gasteiger partial charge in [0.05, 0.1) is 24.7 Å². The van der Waals surface area contributed by atoms with Gasteiger partial charge in [0, 0.05) is 29.9 Å². The Labute approximate surface area is 173 Å². The maximum absolute atomic E-state index is 12.5. The molecule has 0 spiro atoms. The molecule has 2 aromatic carbocycles. The maximum atomic E-state index is 12.5. The van der Waals surface area contributed by atoms with E-state index >= 15 is 0 Å². The Balaban J connectivity index is 1.59. The van der Waals surface area contributed by atoms with E-state index in [4.69, 9.17) is 21.4 Å². The van der Waals surface area contributed by atoms with Gasteiger partial charge < -0.3 is 9.64 Å². The quantitative estimate of drug-likeness (QED) is 0.590. The molecule has 1 saturated heterocycles. The van der Waals surface area contributed by atoms with Gasteiger partial charge in [0.25, 0.3) is 0 Å². The van der Waals surface area contributed by atoms with Gasteiger partial charge in [-0.2, -0.15) is 5.10 Å². The molecule has 2 heterocycles. The molecule has 1 aliphatic rings. The van der Waals surface area contributed by atoms with Crippen LogP contribution in [0.4, 0.5) is 0 Å². The third-order valence-corrected chi connectivity index (χ3v) is 5.77. The number of nitrogens with zero attached hydrogens (tertiary/aromatic N) is 3. The number of thioether (sulfide) groups is 1. The summed E-state index contributed by atoms with van der Waals surface area (Å²) < 4.78 is 7.18. The van der Waals surface area contributed by atoms with E-state index in [2.05, 4.69) is 0 Å². The van der Waals surface area contributed by atoms with Gasteiger partial charge in [0.15, 0.2) is 0 Å². The van der Waals surface area contributed by atoms with Crippen LogP contribution in [0.3, 0.4) is 0 Å². The van der Waals surface area contributed by atoms with E-state index in [0.717, 1.165) is 21.8 Å². The molecule has 1 aromatic heterocycles. The lowest BCUT2D eigenvalue weighted by Gasteiger charge is -2.26. The molecule has 0 aliphatic carbocycles. The van der Waals surface area contributed by atoms with Gasteiger partial charge in [-0.25, -0.2) is 4.68 Å². The predicted molar refractivity (Wildman–Crippen MR) is 112 cm³/mol. The monoisotopic (exact) mass is 413 g/mol. The third-order valence-electron chi connectivity index (χ3n) is 4.55. The average Bonchev–Trinajstić information content (AvgIpc) is 3.18. The van der Waals surface area contributed by atoms with E-state index in [0.29, 0.717) is 37.1 Å². The van der Waals surface area contributed by atoms with Crippen molar-refractivity contribution in [2.45, 2.75) is 5.03 Å². The van der Waals surface area contributed by atoms with Gasteiger partial charge in [-0.05, 0) is 29.8 Å². The minimum Gasteiger partial charge on any atom is -0.378 e. The van der Waals surface area contributed by atoms with Crippen molar-refractivity contribution < 1.29 is 9.53 Å². The van der Waals surface area contributed by atoms with Gasteiger partial charge in [-0.1, -0.05) is 53.7 Å². The number of hydrogen-bond acceptors (Lipinski definition) is 4. The topological polar surface area (TPSA) is 47.4 Å². The van der Waals surface area contributed by atoms with Crippen LogP contribution < -0.4 is 0 Å².